The number of carbonyl (C=O) groups excluding carboxylic acids is 2. The fourth-order valence-electron chi connectivity index (χ4n) is 1.64. The standard InChI is InChI=1S/C14H19F2N3O2.ClH/c1-17-7-8-18-13(20)3-2-6-19-14(21)11-5-4-10(15)9-12(11)16;/h4-5,9,17H,2-3,6-8H2,1H3,(H,18,20)(H,19,21);1H. The Hall–Kier alpha value is -1.73. The minimum atomic E-state index is -0.905. The smallest absolute Gasteiger partial charge is 0.254 e. The Morgan fingerprint density at radius 2 is 1.82 bits per heavy atom. The van der Waals surface area contributed by atoms with Crippen molar-refractivity contribution in [3.63, 3.8) is 0 Å². The van der Waals surface area contributed by atoms with Gasteiger partial charge in [0.15, 0.2) is 0 Å². The zero-order valence-electron chi connectivity index (χ0n) is 12.2. The molecule has 0 unspecified atom stereocenters. The van der Waals surface area contributed by atoms with Gasteiger partial charge in [0, 0.05) is 32.1 Å². The van der Waals surface area contributed by atoms with Gasteiger partial charge in [-0.15, -0.1) is 12.4 Å². The first-order valence-electron chi connectivity index (χ1n) is 6.69. The highest BCUT2D eigenvalue weighted by Crippen LogP contribution is 2.09. The summed E-state index contributed by atoms with van der Waals surface area (Å²) in [6, 6.07) is 2.77. The number of rotatable bonds is 8. The van der Waals surface area contributed by atoms with E-state index in [1.807, 2.05) is 0 Å². The summed E-state index contributed by atoms with van der Waals surface area (Å²) < 4.78 is 26.1. The van der Waals surface area contributed by atoms with Gasteiger partial charge in [0.2, 0.25) is 5.91 Å². The summed E-state index contributed by atoms with van der Waals surface area (Å²) in [5, 5.41) is 8.09. The molecule has 2 amide bonds. The summed E-state index contributed by atoms with van der Waals surface area (Å²) in [4.78, 5) is 23.0. The molecule has 0 spiro atoms. The Balaban J connectivity index is 0.00000441. The number of hydrogen-bond donors (Lipinski definition) is 3. The Labute approximate surface area is 134 Å². The molecule has 0 heterocycles. The lowest BCUT2D eigenvalue weighted by molar-refractivity contribution is -0.121. The largest absolute Gasteiger partial charge is 0.355 e. The number of benzene rings is 1. The maximum atomic E-state index is 13.3. The first-order valence-corrected chi connectivity index (χ1v) is 6.69. The van der Waals surface area contributed by atoms with Crippen molar-refractivity contribution in [1.29, 1.82) is 0 Å². The van der Waals surface area contributed by atoms with E-state index in [9.17, 15) is 18.4 Å². The van der Waals surface area contributed by atoms with Gasteiger partial charge in [-0.25, -0.2) is 8.78 Å². The summed E-state index contributed by atoms with van der Waals surface area (Å²) in [5.41, 5.74) is -0.213. The quantitative estimate of drug-likeness (QED) is 0.626. The highest BCUT2D eigenvalue weighted by atomic mass is 35.5. The Morgan fingerprint density at radius 3 is 2.45 bits per heavy atom. The maximum Gasteiger partial charge on any atom is 0.254 e. The third kappa shape index (κ3) is 7.33. The van der Waals surface area contributed by atoms with E-state index in [0.29, 0.717) is 25.6 Å². The van der Waals surface area contributed by atoms with E-state index in [2.05, 4.69) is 16.0 Å². The minimum Gasteiger partial charge on any atom is -0.355 e. The third-order valence-electron chi connectivity index (χ3n) is 2.74. The average molecular weight is 336 g/mol. The van der Waals surface area contributed by atoms with Gasteiger partial charge in [-0.2, -0.15) is 0 Å². The second-order valence-electron chi connectivity index (χ2n) is 4.44. The number of halogens is 3. The molecule has 0 aliphatic rings. The van der Waals surface area contributed by atoms with E-state index < -0.39 is 17.5 Å². The summed E-state index contributed by atoms with van der Waals surface area (Å²) in [6.45, 7) is 1.48. The zero-order valence-corrected chi connectivity index (χ0v) is 13.1. The van der Waals surface area contributed by atoms with Crippen molar-refractivity contribution in [1.82, 2.24) is 16.0 Å². The van der Waals surface area contributed by atoms with Gasteiger partial charge in [0.05, 0.1) is 5.56 Å². The number of likely N-dealkylation sites (N-methyl/N-ethyl adjacent to an activating group) is 1. The molecule has 0 bridgehead atoms. The van der Waals surface area contributed by atoms with Gasteiger partial charge < -0.3 is 16.0 Å². The summed E-state index contributed by atoms with van der Waals surface area (Å²) in [6.07, 6.45) is 0.718. The number of hydrogen-bond acceptors (Lipinski definition) is 3. The van der Waals surface area contributed by atoms with Crippen LogP contribution in [0.15, 0.2) is 18.2 Å². The van der Waals surface area contributed by atoms with Crippen LogP contribution in [0.2, 0.25) is 0 Å². The van der Waals surface area contributed by atoms with E-state index in [-0.39, 0.29) is 36.8 Å². The van der Waals surface area contributed by atoms with Crippen LogP contribution in [-0.4, -0.2) is 38.5 Å². The minimum absolute atomic E-state index is 0. The fourth-order valence-corrected chi connectivity index (χ4v) is 1.64. The van der Waals surface area contributed by atoms with Gasteiger partial charge in [-0.3, -0.25) is 9.59 Å². The van der Waals surface area contributed by atoms with Crippen LogP contribution in [0.4, 0.5) is 8.78 Å². The van der Waals surface area contributed by atoms with Gasteiger partial charge in [0.25, 0.3) is 5.91 Å². The number of amides is 2. The number of nitrogens with one attached hydrogen (secondary N) is 3. The first kappa shape index (κ1) is 20.3. The predicted octanol–water partition coefficient (Wildman–Crippen LogP) is 1.23. The molecule has 0 aromatic heterocycles. The van der Waals surface area contributed by atoms with Crippen LogP contribution in [0.5, 0.6) is 0 Å². The van der Waals surface area contributed by atoms with E-state index in [4.69, 9.17) is 0 Å². The number of carbonyl (C=O) groups is 2. The zero-order chi connectivity index (χ0) is 15.7. The normalized spacial score (nSPS) is 9.77. The third-order valence-corrected chi connectivity index (χ3v) is 2.74. The molecule has 22 heavy (non-hydrogen) atoms. The van der Waals surface area contributed by atoms with Gasteiger partial charge in [-0.05, 0) is 25.6 Å². The summed E-state index contributed by atoms with van der Waals surface area (Å²) >= 11 is 0. The van der Waals surface area contributed by atoms with E-state index in [1.165, 1.54) is 0 Å². The second kappa shape index (κ2) is 10.9. The van der Waals surface area contributed by atoms with Crippen molar-refractivity contribution in [3.05, 3.63) is 35.4 Å². The SMILES string of the molecule is CNCCNC(=O)CCCNC(=O)c1ccc(F)cc1F.Cl. The predicted molar refractivity (Wildman–Crippen MR) is 82.1 cm³/mol. The van der Waals surface area contributed by atoms with E-state index in [0.717, 1.165) is 12.1 Å². The van der Waals surface area contributed by atoms with Crippen molar-refractivity contribution < 1.29 is 18.4 Å². The van der Waals surface area contributed by atoms with Gasteiger partial charge in [0.1, 0.15) is 11.6 Å². The molecule has 0 saturated heterocycles. The first-order chi connectivity index (χ1) is 10.0. The van der Waals surface area contributed by atoms with Crippen molar-refractivity contribution in [3.8, 4) is 0 Å². The monoisotopic (exact) mass is 335 g/mol. The van der Waals surface area contributed by atoms with Crippen LogP contribution < -0.4 is 16.0 Å². The maximum absolute atomic E-state index is 13.3. The molecule has 0 aliphatic heterocycles. The lowest BCUT2D eigenvalue weighted by Gasteiger charge is -2.07. The molecule has 1 aromatic carbocycles. The lowest BCUT2D eigenvalue weighted by atomic mass is 10.2. The second-order valence-corrected chi connectivity index (χ2v) is 4.44. The van der Waals surface area contributed by atoms with Crippen LogP contribution >= 0.6 is 12.4 Å². The molecule has 0 atom stereocenters. The Bertz CT molecular complexity index is 501. The lowest BCUT2D eigenvalue weighted by Crippen LogP contribution is -2.31. The van der Waals surface area contributed by atoms with Crippen molar-refractivity contribution in [2.45, 2.75) is 12.8 Å². The summed E-state index contributed by atoms with van der Waals surface area (Å²) in [5.74, 6) is -2.37. The highest BCUT2D eigenvalue weighted by Gasteiger charge is 2.11. The molecular weight excluding hydrogens is 316 g/mol. The van der Waals surface area contributed by atoms with Crippen LogP contribution in [-0.2, 0) is 4.79 Å². The van der Waals surface area contributed by atoms with Gasteiger partial charge >= 0.3 is 0 Å². The van der Waals surface area contributed by atoms with Crippen molar-refractivity contribution in [2.75, 3.05) is 26.7 Å². The molecule has 8 heteroatoms. The molecule has 0 fully saturated rings. The van der Waals surface area contributed by atoms with Crippen molar-refractivity contribution in [2.24, 2.45) is 0 Å². The molecular formula is C14H20ClF2N3O2. The molecule has 124 valence electrons. The Morgan fingerprint density at radius 1 is 1.09 bits per heavy atom. The molecule has 5 nitrogen and oxygen atoms in total. The van der Waals surface area contributed by atoms with Crippen LogP contribution in [0, 0.1) is 11.6 Å². The fraction of sp³-hybridized carbons (Fsp3) is 0.429. The molecule has 1 aromatic rings. The van der Waals surface area contributed by atoms with Crippen LogP contribution in [0.3, 0.4) is 0 Å². The Kier molecular flexibility index (Phi) is 10.1. The molecule has 3 N–H and O–H groups in total. The molecule has 0 aliphatic carbocycles. The van der Waals surface area contributed by atoms with E-state index >= 15 is 0 Å². The van der Waals surface area contributed by atoms with Gasteiger partial charge in [-0.1, -0.05) is 0 Å². The molecule has 0 radical (unpaired) electrons. The van der Waals surface area contributed by atoms with Crippen LogP contribution in [0.25, 0.3) is 0 Å². The highest BCUT2D eigenvalue weighted by molar-refractivity contribution is 5.94. The van der Waals surface area contributed by atoms with E-state index in [1.54, 1.807) is 7.05 Å². The van der Waals surface area contributed by atoms with Crippen LogP contribution in [0.1, 0.15) is 23.2 Å². The molecule has 1 rings (SSSR count). The molecule has 0 saturated carbocycles. The topological polar surface area (TPSA) is 70.2 Å². The summed E-state index contributed by atoms with van der Waals surface area (Å²) in [7, 11) is 1.79. The van der Waals surface area contributed by atoms with Crippen molar-refractivity contribution >= 4 is 24.2 Å². The average Bonchev–Trinajstić information content (AvgIpc) is 2.43.